The van der Waals surface area contributed by atoms with Gasteiger partial charge in [0.1, 0.15) is 5.60 Å². The molecule has 23 heavy (non-hydrogen) atoms. The highest BCUT2D eigenvalue weighted by molar-refractivity contribution is 5.92. The molecule has 3 unspecified atom stereocenters. The molecule has 4 aliphatic rings. The first-order valence-electron chi connectivity index (χ1n) is 9.38. The SMILES string of the molecule is C[C@@]12CCCC1C1CC(=N)[C@@]3(O)C[C@H](O)[C@@H](O)C[C@]3(C)C1CC2. The lowest BCUT2D eigenvalue weighted by molar-refractivity contribution is -0.195. The molecule has 0 saturated heterocycles. The maximum Gasteiger partial charge on any atom is 0.110 e. The third kappa shape index (κ3) is 1.92. The molecule has 0 bridgehead atoms. The van der Waals surface area contributed by atoms with Crippen LogP contribution in [0.25, 0.3) is 0 Å². The van der Waals surface area contributed by atoms with Crippen molar-refractivity contribution in [3.05, 3.63) is 0 Å². The third-order valence-corrected chi connectivity index (χ3v) is 8.50. The zero-order valence-electron chi connectivity index (χ0n) is 14.4. The highest BCUT2D eigenvalue weighted by Gasteiger charge is 2.66. The molecule has 130 valence electrons. The lowest BCUT2D eigenvalue weighted by Crippen LogP contribution is -2.69. The zero-order valence-corrected chi connectivity index (χ0v) is 14.4. The molecule has 4 fully saturated rings. The number of aliphatic hydroxyl groups is 3. The molecule has 0 aliphatic heterocycles. The fraction of sp³-hybridized carbons (Fsp3) is 0.947. The number of rotatable bonds is 0. The molecule has 4 saturated carbocycles. The molecule has 4 nitrogen and oxygen atoms in total. The Hall–Kier alpha value is -0.450. The second-order valence-electron chi connectivity index (χ2n) is 9.47. The quantitative estimate of drug-likeness (QED) is 0.553. The Bertz CT molecular complexity index is 537. The first-order valence-corrected chi connectivity index (χ1v) is 9.38. The van der Waals surface area contributed by atoms with E-state index in [0.29, 0.717) is 41.7 Å². The second-order valence-corrected chi connectivity index (χ2v) is 9.47. The minimum atomic E-state index is -1.24. The molecule has 0 radical (unpaired) electrons. The van der Waals surface area contributed by atoms with E-state index in [9.17, 15) is 15.3 Å². The van der Waals surface area contributed by atoms with Crippen LogP contribution in [0.3, 0.4) is 0 Å². The number of aliphatic hydroxyl groups excluding tert-OH is 2. The first kappa shape index (κ1) is 16.0. The van der Waals surface area contributed by atoms with Crippen LogP contribution in [-0.4, -0.2) is 38.8 Å². The average Bonchev–Trinajstić information content (AvgIpc) is 2.86. The Morgan fingerprint density at radius 3 is 2.43 bits per heavy atom. The normalized spacial score (nSPS) is 59.2. The maximum atomic E-state index is 11.4. The van der Waals surface area contributed by atoms with Crippen LogP contribution in [0.4, 0.5) is 0 Å². The third-order valence-electron chi connectivity index (χ3n) is 8.50. The van der Waals surface area contributed by atoms with Gasteiger partial charge in [0.05, 0.1) is 12.2 Å². The monoisotopic (exact) mass is 321 g/mol. The van der Waals surface area contributed by atoms with Gasteiger partial charge in [-0.2, -0.15) is 0 Å². The summed E-state index contributed by atoms with van der Waals surface area (Å²) in [5, 5.41) is 40.3. The van der Waals surface area contributed by atoms with Gasteiger partial charge < -0.3 is 20.7 Å². The summed E-state index contributed by atoms with van der Waals surface area (Å²) < 4.78 is 0. The van der Waals surface area contributed by atoms with Gasteiger partial charge in [0.25, 0.3) is 0 Å². The number of hydrogen-bond donors (Lipinski definition) is 4. The van der Waals surface area contributed by atoms with Gasteiger partial charge >= 0.3 is 0 Å². The van der Waals surface area contributed by atoms with E-state index >= 15 is 0 Å². The predicted octanol–water partition coefficient (Wildman–Crippen LogP) is 2.50. The zero-order chi connectivity index (χ0) is 16.6. The summed E-state index contributed by atoms with van der Waals surface area (Å²) in [6.07, 6.45) is 5.67. The summed E-state index contributed by atoms with van der Waals surface area (Å²) in [6.45, 7) is 4.50. The molecule has 0 amide bonds. The Balaban J connectivity index is 1.74. The number of hydrogen-bond acceptors (Lipinski definition) is 4. The van der Waals surface area contributed by atoms with E-state index in [1.54, 1.807) is 0 Å². The van der Waals surface area contributed by atoms with Gasteiger partial charge in [0.15, 0.2) is 0 Å². The van der Waals surface area contributed by atoms with Crippen LogP contribution in [0.2, 0.25) is 0 Å². The lowest BCUT2D eigenvalue weighted by atomic mass is 9.43. The van der Waals surface area contributed by atoms with E-state index < -0.39 is 23.2 Å². The standard InChI is InChI=1S/C19H31NO3/c1-17-6-3-4-12(17)11-8-16(20)19(23)10-15(22)14(21)9-18(19,2)13(11)5-7-17/h11-15,20-23H,3-10H2,1-2H3/t11?,12?,13?,14-,15-,17-,18+,19-/m0/s1. The Labute approximate surface area is 138 Å². The molecule has 4 N–H and O–H groups in total. The molecule has 0 aromatic heterocycles. The Kier molecular flexibility index (Phi) is 3.35. The topological polar surface area (TPSA) is 84.5 Å². The maximum absolute atomic E-state index is 11.4. The number of nitrogens with one attached hydrogen (secondary N) is 1. The molecule has 4 heteroatoms. The van der Waals surface area contributed by atoms with Crippen LogP contribution in [0.1, 0.15) is 65.2 Å². The van der Waals surface area contributed by atoms with Crippen molar-refractivity contribution in [3.63, 3.8) is 0 Å². The molecule has 4 rings (SSSR count). The molecule has 8 atom stereocenters. The summed E-state index contributed by atoms with van der Waals surface area (Å²) >= 11 is 0. The molecule has 4 aliphatic carbocycles. The van der Waals surface area contributed by atoms with Crippen molar-refractivity contribution in [2.45, 2.75) is 83.0 Å². The van der Waals surface area contributed by atoms with Crippen molar-refractivity contribution in [1.29, 1.82) is 5.41 Å². The largest absolute Gasteiger partial charge is 0.390 e. The van der Waals surface area contributed by atoms with Crippen LogP contribution < -0.4 is 0 Å². The van der Waals surface area contributed by atoms with Crippen molar-refractivity contribution >= 4 is 5.71 Å². The van der Waals surface area contributed by atoms with Crippen molar-refractivity contribution in [1.82, 2.24) is 0 Å². The summed E-state index contributed by atoms with van der Waals surface area (Å²) in [4.78, 5) is 0. The molecular formula is C19H31NO3. The fourth-order valence-electron chi connectivity index (χ4n) is 7.10. The fourth-order valence-corrected chi connectivity index (χ4v) is 7.10. The highest BCUT2D eigenvalue weighted by Crippen LogP contribution is 2.66. The van der Waals surface area contributed by atoms with Crippen LogP contribution >= 0.6 is 0 Å². The molecule has 0 aromatic carbocycles. The van der Waals surface area contributed by atoms with E-state index in [-0.39, 0.29) is 6.42 Å². The lowest BCUT2D eigenvalue weighted by Gasteiger charge is -2.64. The van der Waals surface area contributed by atoms with E-state index in [2.05, 4.69) is 13.8 Å². The summed E-state index contributed by atoms with van der Waals surface area (Å²) in [5.41, 5.74) is -0.891. The van der Waals surface area contributed by atoms with Gasteiger partial charge in [-0.25, -0.2) is 0 Å². The summed E-state index contributed by atoms with van der Waals surface area (Å²) in [7, 11) is 0. The van der Waals surface area contributed by atoms with Gasteiger partial charge in [-0.3, -0.25) is 0 Å². The van der Waals surface area contributed by atoms with Crippen molar-refractivity contribution in [3.8, 4) is 0 Å². The van der Waals surface area contributed by atoms with Crippen LogP contribution in [0.5, 0.6) is 0 Å². The Morgan fingerprint density at radius 2 is 1.70 bits per heavy atom. The first-order chi connectivity index (χ1) is 10.7. The van der Waals surface area contributed by atoms with Crippen LogP contribution in [-0.2, 0) is 0 Å². The van der Waals surface area contributed by atoms with Gasteiger partial charge in [-0.15, -0.1) is 0 Å². The minimum absolute atomic E-state index is 0.120. The van der Waals surface area contributed by atoms with E-state index in [4.69, 9.17) is 5.41 Å². The molecule has 0 aromatic rings. The van der Waals surface area contributed by atoms with E-state index in [1.165, 1.54) is 25.7 Å². The Morgan fingerprint density at radius 1 is 1.00 bits per heavy atom. The molecule has 0 spiro atoms. The van der Waals surface area contributed by atoms with E-state index in [0.717, 1.165) is 6.42 Å². The van der Waals surface area contributed by atoms with Gasteiger partial charge in [-0.05, 0) is 61.7 Å². The predicted molar refractivity (Wildman–Crippen MR) is 88.3 cm³/mol. The smallest absolute Gasteiger partial charge is 0.110 e. The summed E-state index contributed by atoms with van der Waals surface area (Å²) in [6, 6.07) is 0. The van der Waals surface area contributed by atoms with Crippen LogP contribution in [0, 0.1) is 34.0 Å². The molecule has 0 heterocycles. The second kappa shape index (κ2) is 4.80. The number of fused-ring (bicyclic) bond motifs is 5. The van der Waals surface area contributed by atoms with E-state index in [1.807, 2.05) is 0 Å². The van der Waals surface area contributed by atoms with Crippen molar-refractivity contribution in [2.75, 3.05) is 0 Å². The average molecular weight is 321 g/mol. The van der Waals surface area contributed by atoms with Crippen molar-refractivity contribution < 1.29 is 15.3 Å². The highest BCUT2D eigenvalue weighted by atomic mass is 16.3. The summed E-state index contributed by atoms with van der Waals surface area (Å²) in [5.74, 6) is 1.49. The van der Waals surface area contributed by atoms with Gasteiger partial charge in [0, 0.05) is 17.5 Å². The van der Waals surface area contributed by atoms with Crippen LogP contribution in [0.15, 0.2) is 0 Å². The molecular weight excluding hydrogens is 290 g/mol. The van der Waals surface area contributed by atoms with Crippen molar-refractivity contribution in [2.24, 2.45) is 28.6 Å². The van der Waals surface area contributed by atoms with Gasteiger partial charge in [-0.1, -0.05) is 20.3 Å². The van der Waals surface area contributed by atoms with Gasteiger partial charge in [0.2, 0.25) is 0 Å². The minimum Gasteiger partial charge on any atom is -0.390 e.